The maximum Gasteiger partial charge on any atom is 0.436 e. The number of hydrogen-bond donors (Lipinski definition) is 2. The minimum atomic E-state index is -4.71. The molecule has 7 nitrogen and oxygen atoms in total. The van der Waals surface area contributed by atoms with Crippen LogP contribution in [-0.4, -0.2) is 33.4 Å². The Morgan fingerprint density at radius 1 is 1.42 bits per heavy atom. The van der Waals surface area contributed by atoms with Crippen molar-refractivity contribution in [3.63, 3.8) is 0 Å². The zero-order valence-corrected chi connectivity index (χ0v) is 17.3. The van der Waals surface area contributed by atoms with E-state index in [0.29, 0.717) is 29.2 Å². The second-order valence-corrected chi connectivity index (χ2v) is 7.87. The van der Waals surface area contributed by atoms with Crippen molar-refractivity contribution in [1.82, 2.24) is 19.9 Å². The van der Waals surface area contributed by atoms with Gasteiger partial charge in [0.15, 0.2) is 5.70 Å². The second kappa shape index (κ2) is 8.43. The van der Waals surface area contributed by atoms with Crippen LogP contribution in [0.4, 0.5) is 13.2 Å². The summed E-state index contributed by atoms with van der Waals surface area (Å²) >= 11 is 6.23. The quantitative estimate of drug-likeness (QED) is 0.500. The summed E-state index contributed by atoms with van der Waals surface area (Å²) in [5.41, 5.74) is 7.68. The summed E-state index contributed by atoms with van der Waals surface area (Å²) in [5.74, 6) is 0.561. The molecule has 31 heavy (non-hydrogen) atoms. The van der Waals surface area contributed by atoms with Gasteiger partial charge in [0, 0.05) is 29.3 Å². The summed E-state index contributed by atoms with van der Waals surface area (Å²) in [5, 5.41) is 6.56. The molecule has 1 fully saturated rings. The van der Waals surface area contributed by atoms with E-state index in [1.807, 2.05) is 19.1 Å². The Bertz CT molecular complexity index is 1160. The molecule has 1 saturated heterocycles. The van der Waals surface area contributed by atoms with E-state index in [1.165, 1.54) is 0 Å². The monoisotopic (exact) mass is 452 g/mol. The zero-order chi connectivity index (χ0) is 22.2. The first-order valence-electron chi connectivity index (χ1n) is 9.73. The lowest BCUT2D eigenvalue weighted by molar-refractivity contribution is -0.0936. The highest BCUT2D eigenvalue weighted by atomic mass is 35.5. The molecule has 3 aromatic rings. The number of hydrogen-bond acceptors (Lipinski definition) is 6. The fourth-order valence-corrected chi connectivity index (χ4v) is 4.11. The number of aromatic nitrogens is 3. The van der Waals surface area contributed by atoms with Gasteiger partial charge in [0.25, 0.3) is 0 Å². The van der Waals surface area contributed by atoms with Crippen LogP contribution in [0.3, 0.4) is 0 Å². The summed E-state index contributed by atoms with van der Waals surface area (Å²) in [6.45, 7) is 2.60. The fourth-order valence-electron chi connectivity index (χ4n) is 3.94. The molecule has 0 spiro atoms. The molecule has 1 aromatic carbocycles. The Hall–Kier alpha value is -2.72. The molecule has 0 aliphatic carbocycles. The molecule has 0 amide bonds. The Balaban J connectivity index is 1.81. The van der Waals surface area contributed by atoms with E-state index < -0.39 is 11.9 Å². The lowest BCUT2D eigenvalue weighted by Gasteiger charge is -2.30. The SMILES string of the molecule is C[C@@H]1CC(n2c(CN/C=C(\N=N)C(F)(F)F)nc3cnc4ccc(Cl)cc4c32)CCO1. The van der Waals surface area contributed by atoms with E-state index in [-0.39, 0.29) is 18.7 Å². The van der Waals surface area contributed by atoms with Gasteiger partial charge in [0.1, 0.15) is 11.3 Å². The van der Waals surface area contributed by atoms with Gasteiger partial charge in [-0.25, -0.2) is 10.5 Å². The predicted octanol–water partition coefficient (Wildman–Crippen LogP) is 5.50. The molecule has 2 aromatic heterocycles. The summed E-state index contributed by atoms with van der Waals surface area (Å²) in [4.78, 5) is 9.08. The Morgan fingerprint density at radius 2 is 2.23 bits per heavy atom. The van der Waals surface area contributed by atoms with Crippen LogP contribution in [0, 0.1) is 5.53 Å². The number of benzene rings is 1. The Labute approximate surface area is 180 Å². The van der Waals surface area contributed by atoms with Crippen molar-refractivity contribution < 1.29 is 17.9 Å². The van der Waals surface area contributed by atoms with Gasteiger partial charge < -0.3 is 14.6 Å². The van der Waals surface area contributed by atoms with Crippen LogP contribution in [-0.2, 0) is 11.3 Å². The average molecular weight is 453 g/mol. The first kappa shape index (κ1) is 21.5. The number of allylic oxidation sites excluding steroid dienone is 1. The fraction of sp³-hybridized carbons (Fsp3) is 0.400. The van der Waals surface area contributed by atoms with Crippen molar-refractivity contribution in [2.24, 2.45) is 5.11 Å². The smallest absolute Gasteiger partial charge is 0.382 e. The van der Waals surface area contributed by atoms with E-state index in [4.69, 9.17) is 21.9 Å². The van der Waals surface area contributed by atoms with Crippen LogP contribution >= 0.6 is 11.6 Å². The highest BCUT2D eigenvalue weighted by Gasteiger charge is 2.34. The minimum absolute atomic E-state index is 0.0254. The van der Waals surface area contributed by atoms with Crippen molar-refractivity contribution >= 4 is 33.5 Å². The maximum atomic E-state index is 12.9. The van der Waals surface area contributed by atoms with Gasteiger partial charge in [0.2, 0.25) is 0 Å². The molecule has 164 valence electrons. The summed E-state index contributed by atoms with van der Waals surface area (Å²) in [7, 11) is 0. The summed E-state index contributed by atoms with van der Waals surface area (Å²) in [6.07, 6.45) is -0.816. The summed E-state index contributed by atoms with van der Waals surface area (Å²) in [6, 6.07) is 5.47. The van der Waals surface area contributed by atoms with E-state index in [2.05, 4.69) is 25.0 Å². The number of halogens is 4. The number of rotatable bonds is 5. The highest BCUT2D eigenvalue weighted by Crippen LogP contribution is 2.34. The Morgan fingerprint density at radius 3 is 2.94 bits per heavy atom. The molecule has 0 radical (unpaired) electrons. The van der Waals surface area contributed by atoms with Crippen LogP contribution < -0.4 is 5.32 Å². The van der Waals surface area contributed by atoms with Crippen molar-refractivity contribution in [2.75, 3.05) is 6.61 Å². The van der Waals surface area contributed by atoms with Gasteiger partial charge in [-0.15, -0.1) is 0 Å². The summed E-state index contributed by atoms with van der Waals surface area (Å²) < 4.78 is 46.3. The highest BCUT2D eigenvalue weighted by molar-refractivity contribution is 6.31. The molecule has 1 aliphatic heterocycles. The number of fused-ring (bicyclic) bond motifs is 3. The molecule has 2 N–H and O–H groups in total. The number of alkyl halides is 3. The minimum Gasteiger partial charge on any atom is -0.382 e. The number of nitrogens with zero attached hydrogens (tertiary/aromatic N) is 4. The third kappa shape index (κ3) is 4.35. The lowest BCUT2D eigenvalue weighted by Crippen LogP contribution is -2.27. The van der Waals surface area contributed by atoms with E-state index in [1.54, 1.807) is 12.3 Å². The van der Waals surface area contributed by atoms with Gasteiger partial charge >= 0.3 is 6.18 Å². The Kier molecular flexibility index (Phi) is 5.85. The van der Waals surface area contributed by atoms with Crippen LogP contribution in [0.2, 0.25) is 5.02 Å². The first-order chi connectivity index (χ1) is 14.8. The number of nitrogens with one attached hydrogen (secondary N) is 2. The second-order valence-electron chi connectivity index (χ2n) is 7.43. The van der Waals surface area contributed by atoms with Crippen LogP contribution in [0.25, 0.3) is 21.9 Å². The lowest BCUT2D eigenvalue weighted by atomic mass is 10.0. The molecule has 11 heteroatoms. The van der Waals surface area contributed by atoms with E-state index in [0.717, 1.165) is 29.3 Å². The normalized spacial score (nSPS) is 20.4. The zero-order valence-electron chi connectivity index (χ0n) is 16.6. The molecule has 2 atom stereocenters. The van der Waals surface area contributed by atoms with Crippen molar-refractivity contribution in [2.45, 2.75) is 44.6 Å². The molecule has 0 bridgehead atoms. The number of ether oxygens (including phenoxy) is 1. The van der Waals surface area contributed by atoms with Gasteiger partial charge in [0.05, 0.1) is 29.9 Å². The van der Waals surface area contributed by atoms with Gasteiger partial charge in [-0.2, -0.15) is 18.3 Å². The molecule has 0 saturated carbocycles. The molecular weight excluding hydrogens is 433 g/mol. The molecule has 4 rings (SSSR count). The molecule has 3 heterocycles. The van der Waals surface area contributed by atoms with Crippen molar-refractivity contribution in [1.29, 1.82) is 5.53 Å². The average Bonchev–Trinajstić information content (AvgIpc) is 3.09. The maximum absolute atomic E-state index is 12.9. The van der Waals surface area contributed by atoms with E-state index >= 15 is 0 Å². The van der Waals surface area contributed by atoms with Crippen LogP contribution in [0.15, 0.2) is 41.4 Å². The van der Waals surface area contributed by atoms with E-state index in [9.17, 15) is 13.2 Å². The van der Waals surface area contributed by atoms with Gasteiger partial charge in [-0.3, -0.25) is 4.98 Å². The topological polar surface area (TPSA) is 88.2 Å². The molecule has 1 aliphatic rings. The number of imidazole rings is 1. The van der Waals surface area contributed by atoms with Crippen LogP contribution in [0.1, 0.15) is 31.6 Å². The predicted molar refractivity (Wildman–Crippen MR) is 110 cm³/mol. The third-order valence-corrected chi connectivity index (χ3v) is 5.52. The third-order valence-electron chi connectivity index (χ3n) is 5.28. The van der Waals surface area contributed by atoms with Crippen molar-refractivity contribution in [3.05, 3.63) is 47.1 Å². The number of pyridine rings is 1. The van der Waals surface area contributed by atoms with Gasteiger partial charge in [-0.05, 0) is 38.0 Å². The largest absolute Gasteiger partial charge is 0.436 e. The van der Waals surface area contributed by atoms with Crippen LogP contribution in [0.5, 0.6) is 0 Å². The standard InChI is InChI=1S/C20H20ClF3N6O/c1-11-6-13(4-5-31-11)30-18(10-26-9-17(29-25)20(22,23)24)28-16-8-27-15-3-2-12(21)7-14(15)19(16)30/h2-3,7-9,11,13,25-26H,4-6,10H2,1H3/b17-9-,29-25?/t11-,13?/m1/s1. The first-order valence-corrected chi connectivity index (χ1v) is 10.1. The molecule has 1 unspecified atom stereocenters. The van der Waals surface area contributed by atoms with Crippen molar-refractivity contribution in [3.8, 4) is 0 Å². The molecular formula is C20H20ClF3N6O. The van der Waals surface area contributed by atoms with Gasteiger partial charge in [-0.1, -0.05) is 11.6 Å².